The zero-order chi connectivity index (χ0) is 32.3. The minimum Gasteiger partial charge on any atom is -0.252 e. The van der Waals surface area contributed by atoms with Gasteiger partial charge in [-0.15, -0.1) is 11.3 Å². The minimum atomic E-state index is 0.390. The van der Waals surface area contributed by atoms with Crippen molar-refractivity contribution in [1.29, 1.82) is 0 Å². The zero-order valence-corrected chi connectivity index (χ0v) is 27.7. The van der Waals surface area contributed by atoms with Crippen LogP contribution in [0.25, 0.3) is 75.1 Å². The summed E-state index contributed by atoms with van der Waals surface area (Å²) < 4.78 is 2.83. The number of aromatic nitrogens is 2. The molecule has 10 rings (SSSR count). The van der Waals surface area contributed by atoms with Crippen LogP contribution in [0.15, 0.2) is 158 Å². The van der Waals surface area contributed by atoms with Gasteiger partial charge in [-0.1, -0.05) is 146 Å². The average molecular weight is 645 g/mol. The van der Waals surface area contributed by atoms with Crippen molar-refractivity contribution >= 4 is 64.1 Å². The smallest absolute Gasteiger partial charge is 0.0979 e. The largest absolute Gasteiger partial charge is 0.252 e. The van der Waals surface area contributed by atoms with Gasteiger partial charge in [0.05, 0.1) is 22.9 Å². The van der Waals surface area contributed by atoms with E-state index in [9.17, 15) is 0 Å². The molecule has 3 heteroatoms. The lowest BCUT2D eigenvalue weighted by atomic mass is 9.78. The Morgan fingerprint density at radius 1 is 0.551 bits per heavy atom. The van der Waals surface area contributed by atoms with Crippen molar-refractivity contribution in [2.75, 3.05) is 0 Å². The molecule has 1 aliphatic rings. The molecule has 0 radical (unpaired) electrons. The van der Waals surface area contributed by atoms with Crippen molar-refractivity contribution < 1.29 is 0 Å². The first-order valence-electron chi connectivity index (χ1n) is 17.1. The molecule has 0 saturated heterocycles. The third-order valence-corrected chi connectivity index (χ3v) is 11.7. The van der Waals surface area contributed by atoms with E-state index in [-0.39, 0.29) is 0 Å². The first-order chi connectivity index (χ1) is 24.3. The Morgan fingerprint density at radius 2 is 1.22 bits per heavy atom. The normalized spacial score (nSPS) is 16.3. The number of rotatable bonds is 4. The molecular weight excluding hydrogens is 613 g/mol. The maximum absolute atomic E-state index is 5.20. The lowest BCUT2D eigenvalue weighted by Crippen LogP contribution is -2.09. The zero-order valence-electron chi connectivity index (χ0n) is 26.9. The standard InChI is InChI=1S/C46H32N2S/c1-3-17-39-36(14-1)37-15-2-4-18-40(37)45-44(39)47-28-42(48-45)30-24-22-29(23-25-30)31-10-7-11-32(26-31)33-12-8-13-34(27-33)35-19-9-20-41-38-16-5-6-21-43(38)49-46(35)41/h1-12,14-26,28,33-34H,13,27H2. The molecule has 0 N–H and O–H groups in total. The summed E-state index contributed by atoms with van der Waals surface area (Å²) in [5, 5.41) is 7.47. The molecule has 9 aromatic rings. The number of benzene rings is 7. The fourth-order valence-electron chi connectivity index (χ4n) is 8.02. The van der Waals surface area contributed by atoms with Gasteiger partial charge < -0.3 is 0 Å². The van der Waals surface area contributed by atoms with Gasteiger partial charge in [0, 0.05) is 42.4 Å². The molecule has 2 unspecified atom stereocenters. The lowest BCUT2D eigenvalue weighted by Gasteiger charge is -2.26. The van der Waals surface area contributed by atoms with Crippen molar-refractivity contribution in [3.05, 3.63) is 169 Å². The van der Waals surface area contributed by atoms with Gasteiger partial charge in [0.1, 0.15) is 0 Å². The number of nitrogens with zero attached hydrogens (tertiary/aromatic N) is 2. The first kappa shape index (κ1) is 28.4. The Labute approximate surface area is 289 Å². The average Bonchev–Trinajstić information content (AvgIpc) is 3.57. The molecule has 0 spiro atoms. The maximum Gasteiger partial charge on any atom is 0.0979 e. The highest BCUT2D eigenvalue weighted by Gasteiger charge is 2.24. The molecule has 2 atom stereocenters. The third-order valence-electron chi connectivity index (χ3n) is 10.5. The van der Waals surface area contributed by atoms with Crippen LogP contribution in [0.5, 0.6) is 0 Å². The first-order valence-corrected chi connectivity index (χ1v) is 17.9. The fraction of sp³-hybridized carbons (Fsp3) is 0.0870. The van der Waals surface area contributed by atoms with Gasteiger partial charge in [-0.3, -0.25) is 4.98 Å². The molecule has 49 heavy (non-hydrogen) atoms. The number of thiophene rings is 1. The summed E-state index contributed by atoms with van der Waals surface area (Å²) in [5.41, 5.74) is 9.19. The predicted molar refractivity (Wildman–Crippen MR) is 209 cm³/mol. The van der Waals surface area contributed by atoms with Crippen molar-refractivity contribution in [3.63, 3.8) is 0 Å². The van der Waals surface area contributed by atoms with E-state index in [0.29, 0.717) is 11.8 Å². The van der Waals surface area contributed by atoms with Gasteiger partial charge in [-0.05, 0) is 57.9 Å². The second-order valence-corrected chi connectivity index (χ2v) is 14.3. The molecule has 1 aliphatic carbocycles. The van der Waals surface area contributed by atoms with Crippen molar-refractivity contribution in [2.24, 2.45) is 0 Å². The summed E-state index contributed by atoms with van der Waals surface area (Å²) in [4.78, 5) is 10.2. The number of fused-ring (bicyclic) bond motifs is 9. The quantitative estimate of drug-likeness (QED) is 0.141. The molecule has 2 aromatic heterocycles. The van der Waals surface area contributed by atoms with E-state index < -0.39 is 0 Å². The van der Waals surface area contributed by atoms with Crippen LogP contribution in [0.1, 0.15) is 35.8 Å². The summed E-state index contributed by atoms with van der Waals surface area (Å²) in [7, 11) is 0. The van der Waals surface area contributed by atoms with Gasteiger partial charge in [-0.2, -0.15) is 0 Å². The van der Waals surface area contributed by atoms with Crippen molar-refractivity contribution in [3.8, 4) is 22.4 Å². The van der Waals surface area contributed by atoms with E-state index in [1.54, 1.807) is 0 Å². The van der Waals surface area contributed by atoms with E-state index in [1.165, 1.54) is 53.2 Å². The molecule has 232 valence electrons. The molecule has 0 aliphatic heterocycles. The monoisotopic (exact) mass is 644 g/mol. The Hall–Kier alpha value is -5.64. The van der Waals surface area contributed by atoms with Gasteiger partial charge in [-0.25, -0.2) is 4.98 Å². The number of hydrogen-bond acceptors (Lipinski definition) is 3. The number of hydrogen-bond donors (Lipinski definition) is 0. The van der Waals surface area contributed by atoms with Gasteiger partial charge >= 0.3 is 0 Å². The Kier molecular flexibility index (Phi) is 6.66. The Morgan fingerprint density at radius 3 is 2.04 bits per heavy atom. The SMILES string of the molecule is C1=CC(c2cccc(-c3ccc(-c4cnc5c6ccccc6c6ccccc6c5n4)cc3)c2)CC(c2cccc3c2sc2ccccc23)C1. The van der Waals surface area contributed by atoms with Crippen LogP contribution < -0.4 is 0 Å². The van der Waals surface area contributed by atoms with E-state index in [1.807, 2.05) is 17.5 Å². The van der Waals surface area contributed by atoms with Crippen LogP contribution in [0, 0.1) is 0 Å². The summed E-state index contributed by atoms with van der Waals surface area (Å²) in [5.74, 6) is 0.897. The van der Waals surface area contributed by atoms with Crippen molar-refractivity contribution in [1.82, 2.24) is 9.97 Å². The van der Waals surface area contributed by atoms with E-state index in [0.717, 1.165) is 45.9 Å². The van der Waals surface area contributed by atoms with Crippen LogP contribution in [-0.4, -0.2) is 9.97 Å². The van der Waals surface area contributed by atoms with E-state index >= 15 is 0 Å². The summed E-state index contributed by atoms with van der Waals surface area (Å²) >= 11 is 1.95. The summed E-state index contributed by atoms with van der Waals surface area (Å²) in [6.45, 7) is 0. The van der Waals surface area contributed by atoms with E-state index in [4.69, 9.17) is 9.97 Å². The lowest BCUT2D eigenvalue weighted by molar-refractivity contribution is 0.570. The molecule has 0 saturated carbocycles. The Balaban J connectivity index is 0.951. The maximum atomic E-state index is 5.20. The van der Waals surface area contributed by atoms with Crippen LogP contribution >= 0.6 is 11.3 Å². The van der Waals surface area contributed by atoms with Crippen molar-refractivity contribution in [2.45, 2.75) is 24.7 Å². The van der Waals surface area contributed by atoms with Crippen LogP contribution in [0.2, 0.25) is 0 Å². The van der Waals surface area contributed by atoms with Crippen LogP contribution in [0.3, 0.4) is 0 Å². The van der Waals surface area contributed by atoms with Crippen LogP contribution in [0.4, 0.5) is 0 Å². The molecule has 2 heterocycles. The topological polar surface area (TPSA) is 25.8 Å². The third kappa shape index (κ3) is 4.76. The van der Waals surface area contributed by atoms with Crippen LogP contribution in [-0.2, 0) is 0 Å². The number of allylic oxidation sites excluding steroid dienone is 2. The van der Waals surface area contributed by atoms with Gasteiger partial charge in [0.25, 0.3) is 0 Å². The predicted octanol–water partition coefficient (Wildman–Crippen LogP) is 12.9. The molecule has 0 amide bonds. The summed E-state index contributed by atoms with van der Waals surface area (Å²) in [6, 6.07) is 50.7. The van der Waals surface area contributed by atoms with Gasteiger partial charge in [0.15, 0.2) is 0 Å². The second kappa shape index (κ2) is 11.5. The minimum absolute atomic E-state index is 0.390. The molecular formula is C46H32N2S. The molecule has 0 fully saturated rings. The fourth-order valence-corrected chi connectivity index (χ4v) is 9.32. The molecule has 2 nitrogen and oxygen atoms in total. The van der Waals surface area contributed by atoms with Gasteiger partial charge in [0.2, 0.25) is 0 Å². The second-order valence-electron chi connectivity index (χ2n) is 13.3. The van der Waals surface area contributed by atoms with E-state index in [2.05, 4.69) is 152 Å². The molecule has 7 aromatic carbocycles. The molecule has 0 bridgehead atoms. The highest BCUT2D eigenvalue weighted by Crippen LogP contribution is 2.44. The highest BCUT2D eigenvalue weighted by molar-refractivity contribution is 7.26. The summed E-state index contributed by atoms with van der Waals surface area (Å²) in [6.07, 6.45) is 8.97. The Bertz CT molecular complexity index is 2700. The highest BCUT2D eigenvalue weighted by atomic mass is 32.1.